The molecule has 0 spiro atoms. The molecule has 0 bridgehead atoms. The van der Waals surface area contributed by atoms with Gasteiger partial charge in [0.25, 0.3) is 0 Å². The molecular formula is C25H36N4O2S. The summed E-state index contributed by atoms with van der Waals surface area (Å²) in [6, 6.07) is 8.07. The highest BCUT2D eigenvalue weighted by atomic mass is 32.2. The number of unbranched alkanes of at least 4 members (excludes halogenated alkanes) is 1. The summed E-state index contributed by atoms with van der Waals surface area (Å²) >= 11 is 1.38. The molecule has 0 radical (unpaired) electrons. The van der Waals surface area contributed by atoms with Gasteiger partial charge in [0.2, 0.25) is 5.91 Å². The number of amides is 1. The lowest BCUT2D eigenvalue weighted by Crippen LogP contribution is -2.34. The van der Waals surface area contributed by atoms with Gasteiger partial charge < -0.3 is 10.2 Å². The standard InChI is InChI=1S/C25H36N4O2S/c1-4-7-9-19-12-14-20(15-13-19)26-23(30)18-32-24-21-10-8-11-22(21)29(25(31)27-24)17-16-28(5-2)6-3/h12-15H,4-11,16-18H2,1-3H3,(H,26,30). The Labute approximate surface area is 195 Å². The first-order valence-corrected chi connectivity index (χ1v) is 12.9. The Morgan fingerprint density at radius 1 is 1.16 bits per heavy atom. The molecule has 0 unspecified atom stereocenters. The van der Waals surface area contributed by atoms with Crippen LogP contribution >= 0.6 is 11.8 Å². The van der Waals surface area contributed by atoms with Gasteiger partial charge in [-0.1, -0.05) is 51.1 Å². The number of hydrogen-bond acceptors (Lipinski definition) is 5. The van der Waals surface area contributed by atoms with E-state index in [4.69, 9.17) is 0 Å². The molecule has 0 aliphatic heterocycles. The normalized spacial score (nSPS) is 12.9. The highest BCUT2D eigenvalue weighted by Gasteiger charge is 2.22. The van der Waals surface area contributed by atoms with Gasteiger partial charge in [0, 0.05) is 30.0 Å². The first-order valence-electron chi connectivity index (χ1n) is 11.9. The number of fused-ring (bicyclic) bond motifs is 1. The zero-order valence-electron chi connectivity index (χ0n) is 19.7. The van der Waals surface area contributed by atoms with Crippen molar-refractivity contribution in [1.29, 1.82) is 0 Å². The van der Waals surface area contributed by atoms with Crippen LogP contribution in [0.25, 0.3) is 0 Å². The highest BCUT2D eigenvalue weighted by Crippen LogP contribution is 2.29. The third-order valence-corrected chi connectivity index (χ3v) is 7.15. The number of nitrogens with one attached hydrogen (secondary N) is 1. The van der Waals surface area contributed by atoms with E-state index in [1.165, 1.54) is 30.2 Å². The zero-order valence-corrected chi connectivity index (χ0v) is 20.5. The molecule has 1 aliphatic carbocycles. The summed E-state index contributed by atoms with van der Waals surface area (Å²) in [4.78, 5) is 31.9. The van der Waals surface area contributed by atoms with Crippen molar-refractivity contribution in [3.05, 3.63) is 51.6 Å². The summed E-state index contributed by atoms with van der Waals surface area (Å²) in [7, 11) is 0. The molecule has 0 atom stereocenters. The van der Waals surface area contributed by atoms with Crippen LogP contribution in [-0.2, 0) is 30.6 Å². The third kappa shape index (κ3) is 6.45. The van der Waals surface area contributed by atoms with E-state index in [1.807, 2.05) is 16.7 Å². The molecule has 32 heavy (non-hydrogen) atoms. The van der Waals surface area contributed by atoms with Gasteiger partial charge in [0.05, 0.1) is 5.75 Å². The fraction of sp³-hybridized carbons (Fsp3) is 0.560. The van der Waals surface area contributed by atoms with Crippen molar-refractivity contribution in [3.63, 3.8) is 0 Å². The molecule has 1 aromatic heterocycles. The number of rotatable bonds is 12. The lowest BCUT2D eigenvalue weighted by molar-refractivity contribution is -0.113. The average molecular weight is 457 g/mol. The molecule has 2 aromatic rings. The van der Waals surface area contributed by atoms with Crippen molar-refractivity contribution >= 4 is 23.4 Å². The molecule has 0 saturated heterocycles. The molecule has 1 aromatic carbocycles. The molecular weight excluding hydrogens is 420 g/mol. The van der Waals surface area contributed by atoms with E-state index in [2.05, 4.69) is 48.1 Å². The van der Waals surface area contributed by atoms with Gasteiger partial charge in [0.1, 0.15) is 5.03 Å². The number of carbonyl (C=O) groups is 1. The quantitative estimate of drug-likeness (QED) is 0.384. The summed E-state index contributed by atoms with van der Waals surface area (Å²) < 4.78 is 1.85. The van der Waals surface area contributed by atoms with Gasteiger partial charge in [-0.05, 0) is 62.9 Å². The number of benzene rings is 1. The van der Waals surface area contributed by atoms with Crippen molar-refractivity contribution < 1.29 is 4.79 Å². The third-order valence-electron chi connectivity index (χ3n) is 6.13. The van der Waals surface area contributed by atoms with Crippen LogP contribution in [0.1, 0.15) is 56.9 Å². The SMILES string of the molecule is CCCCc1ccc(NC(=O)CSc2nc(=O)n(CCN(CC)CC)c3c2CCC3)cc1. The number of thioether (sulfide) groups is 1. The van der Waals surface area contributed by atoms with Gasteiger partial charge in [-0.25, -0.2) is 4.79 Å². The number of aryl methyl sites for hydroxylation is 1. The van der Waals surface area contributed by atoms with Crippen molar-refractivity contribution in [2.24, 2.45) is 0 Å². The van der Waals surface area contributed by atoms with Gasteiger partial charge in [-0.3, -0.25) is 9.36 Å². The van der Waals surface area contributed by atoms with Crippen LogP contribution in [-0.4, -0.2) is 45.7 Å². The average Bonchev–Trinajstić information content (AvgIpc) is 3.29. The van der Waals surface area contributed by atoms with Crippen LogP contribution in [0.2, 0.25) is 0 Å². The Hall–Kier alpha value is -2.12. The molecule has 7 heteroatoms. The predicted octanol–water partition coefficient (Wildman–Crippen LogP) is 4.15. The molecule has 3 rings (SSSR count). The smallest absolute Gasteiger partial charge is 0.325 e. The minimum Gasteiger partial charge on any atom is -0.325 e. The minimum absolute atomic E-state index is 0.0735. The molecule has 174 valence electrons. The van der Waals surface area contributed by atoms with E-state index in [0.717, 1.165) is 67.3 Å². The summed E-state index contributed by atoms with van der Waals surface area (Å²) in [5, 5.41) is 3.69. The second-order valence-electron chi connectivity index (χ2n) is 8.29. The first kappa shape index (κ1) is 24.5. The predicted molar refractivity (Wildman–Crippen MR) is 133 cm³/mol. The number of carbonyl (C=O) groups excluding carboxylic acids is 1. The first-order chi connectivity index (χ1) is 15.5. The maximum atomic E-state index is 12.8. The lowest BCUT2D eigenvalue weighted by Gasteiger charge is -2.20. The Morgan fingerprint density at radius 3 is 2.59 bits per heavy atom. The molecule has 0 saturated carbocycles. The molecule has 0 fully saturated rings. The Balaban J connectivity index is 1.61. The number of hydrogen-bond donors (Lipinski definition) is 1. The van der Waals surface area contributed by atoms with E-state index in [1.54, 1.807) is 0 Å². The Bertz CT molecular complexity index is 952. The molecule has 1 amide bonds. The Kier molecular flexibility index (Phi) is 9.36. The number of anilines is 1. The van der Waals surface area contributed by atoms with Crippen molar-refractivity contribution in [1.82, 2.24) is 14.5 Å². The Morgan fingerprint density at radius 2 is 1.91 bits per heavy atom. The highest BCUT2D eigenvalue weighted by molar-refractivity contribution is 8.00. The summed E-state index contributed by atoms with van der Waals surface area (Å²) in [6.45, 7) is 9.95. The van der Waals surface area contributed by atoms with Crippen molar-refractivity contribution in [3.8, 4) is 0 Å². The van der Waals surface area contributed by atoms with Crippen LogP contribution < -0.4 is 11.0 Å². The van der Waals surface area contributed by atoms with Gasteiger partial charge >= 0.3 is 5.69 Å². The van der Waals surface area contributed by atoms with E-state index in [-0.39, 0.29) is 17.3 Å². The summed E-state index contributed by atoms with van der Waals surface area (Å²) in [5.74, 6) is 0.176. The summed E-state index contributed by atoms with van der Waals surface area (Å²) in [5.41, 5.74) is 4.18. The molecule has 1 aliphatic rings. The van der Waals surface area contributed by atoms with Gasteiger partial charge in [-0.2, -0.15) is 4.98 Å². The molecule has 6 nitrogen and oxygen atoms in total. The topological polar surface area (TPSA) is 67.2 Å². The van der Waals surface area contributed by atoms with E-state index in [9.17, 15) is 9.59 Å². The van der Waals surface area contributed by atoms with Gasteiger partial charge in [-0.15, -0.1) is 0 Å². The number of nitrogens with zero attached hydrogens (tertiary/aromatic N) is 3. The van der Waals surface area contributed by atoms with Crippen molar-refractivity contribution in [2.75, 3.05) is 30.7 Å². The van der Waals surface area contributed by atoms with E-state index in [0.29, 0.717) is 6.54 Å². The molecule has 1 heterocycles. The van der Waals surface area contributed by atoms with E-state index < -0.39 is 0 Å². The van der Waals surface area contributed by atoms with E-state index >= 15 is 0 Å². The maximum absolute atomic E-state index is 12.8. The second-order valence-corrected chi connectivity index (χ2v) is 9.26. The van der Waals surface area contributed by atoms with Crippen LogP contribution in [0, 0.1) is 0 Å². The fourth-order valence-corrected chi connectivity index (χ4v) is 5.06. The molecule has 1 N–H and O–H groups in total. The lowest BCUT2D eigenvalue weighted by atomic mass is 10.1. The van der Waals surface area contributed by atoms with Crippen molar-refractivity contribution in [2.45, 2.75) is 70.9 Å². The minimum atomic E-state index is -0.191. The van der Waals surface area contributed by atoms with Crippen LogP contribution in [0.4, 0.5) is 5.69 Å². The van der Waals surface area contributed by atoms with Crippen LogP contribution in [0.3, 0.4) is 0 Å². The number of aromatic nitrogens is 2. The van der Waals surface area contributed by atoms with Gasteiger partial charge in [0.15, 0.2) is 0 Å². The zero-order chi connectivity index (χ0) is 22.9. The maximum Gasteiger partial charge on any atom is 0.348 e. The second kappa shape index (κ2) is 12.2. The fourth-order valence-electron chi connectivity index (χ4n) is 4.18. The van der Waals surface area contributed by atoms with Crippen LogP contribution in [0.15, 0.2) is 34.1 Å². The number of likely N-dealkylation sites (N-methyl/N-ethyl adjacent to an activating group) is 1. The summed E-state index contributed by atoms with van der Waals surface area (Å²) in [6.07, 6.45) is 6.29. The largest absolute Gasteiger partial charge is 0.348 e. The van der Waals surface area contributed by atoms with Crippen LogP contribution in [0.5, 0.6) is 0 Å². The monoisotopic (exact) mass is 456 g/mol.